The van der Waals surface area contributed by atoms with Gasteiger partial charge in [0.1, 0.15) is 5.52 Å². The van der Waals surface area contributed by atoms with Crippen LogP contribution in [0.25, 0.3) is 22.0 Å². The van der Waals surface area contributed by atoms with E-state index in [2.05, 4.69) is 15.5 Å². The van der Waals surface area contributed by atoms with Crippen LogP contribution in [0.1, 0.15) is 19.8 Å². The fourth-order valence-corrected chi connectivity index (χ4v) is 2.44. The first kappa shape index (κ1) is 15.1. The number of carbonyl (C=O) groups excluding carboxylic acids is 1. The number of benzene rings is 2. The molecule has 0 aliphatic carbocycles. The van der Waals surface area contributed by atoms with Crippen molar-refractivity contribution in [3.05, 3.63) is 48.0 Å². The number of H-pyrrole nitrogens is 1. The molecule has 1 amide bonds. The topological polar surface area (TPSA) is 57.8 Å². The largest absolute Gasteiger partial charge is 0.309 e. The van der Waals surface area contributed by atoms with Gasteiger partial charge in [-0.2, -0.15) is 5.10 Å². The Morgan fingerprint density at radius 1 is 1.22 bits per heavy atom. The van der Waals surface area contributed by atoms with Crippen molar-refractivity contribution in [1.82, 2.24) is 10.2 Å². The van der Waals surface area contributed by atoms with E-state index in [1.807, 2.05) is 6.92 Å². The fourth-order valence-electron chi connectivity index (χ4n) is 2.44. The summed E-state index contributed by atoms with van der Waals surface area (Å²) in [5.41, 5.74) is 0.620. The molecule has 0 saturated heterocycles. The third-order valence-electron chi connectivity index (χ3n) is 3.56. The van der Waals surface area contributed by atoms with E-state index in [-0.39, 0.29) is 22.8 Å². The van der Waals surface area contributed by atoms with E-state index in [0.29, 0.717) is 23.8 Å². The highest BCUT2D eigenvalue weighted by molar-refractivity contribution is 6.01. The number of fused-ring (bicyclic) bond motifs is 1. The van der Waals surface area contributed by atoms with Crippen molar-refractivity contribution in [2.75, 3.05) is 5.32 Å². The molecule has 0 aliphatic rings. The Hall–Kier alpha value is -2.76. The Morgan fingerprint density at radius 3 is 2.65 bits per heavy atom. The van der Waals surface area contributed by atoms with Crippen molar-refractivity contribution in [3.8, 4) is 11.1 Å². The zero-order valence-corrected chi connectivity index (χ0v) is 12.5. The lowest BCUT2D eigenvalue weighted by atomic mass is 10.0. The smallest absolute Gasteiger partial charge is 0.225 e. The summed E-state index contributed by atoms with van der Waals surface area (Å²) in [6.45, 7) is 1.88. The van der Waals surface area contributed by atoms with Gasteiger partial charge in [0.15, 0.2) is 17.5 Å². The lowest BCUT2D eigenvalue weighted by Gasteiger charge is -2.06. The minimum Gasteiger partial charge on any atom is -0.309 e. The monoisotopic (exact) mass is 315 g/mol. The Balaban J connectivity index is 2.13. The van der Waals surface area contributed by atoms with E-state index in [0.717, 1.165) is 0 Å². The first-order valence-electron chi connectivity index (χ1n) is 7.33. The van der Waals surface area contributed by atoms with Crippen LogP contribution in [0.4, 0.5) is 14.6 Å². The molecular weight excluding hydrogens is 300 g/mol. The van der Waals surface area contributed by atoms with Crippen LogP contribution in [-0.4, -0.2) is 16.1 Å². The summed E-state index contributed by atoms with van der Waals surface area (Å²) in [7, 11) is 0. The van der Waals surface area contributed by atoms with Crippen molar-refractivity contribution >= 4 is 22.6 Å². The molecule has 0 aliphatic heterocycles. The average molecular weight is 315 g/mol. The second kappa shape index (κ2) is 6.16. The number of hydrogen-bond acceptors (Lipinski definition) is 2. The average Bonchev–Trinajstić information content (AvgIpc) is 2.95. The number of anilines is 1. The Morgan fingerprint density at radius 2 is 1.96 bits per heavy atom. The van der Waals surface area contributed by atoms with E-state index in [9.17, 15) is 13.6 Å². The molecule has 0 unspecified atom stereocenters. The summed E-state index contributed by atoms with van der Waals surface area (Å²) in [4.78, 5) is 11.7. The molecule has 0 radical (unpaired) electrons. The minimum atomic E-state index is -1.01. The third kappa shape index (κ3) is 2.79. The van der Waals surface area contributed by atoms with Crippen LogP contribution in [0.2, 0.25) is 0 Å². The zero-order chi connectivity index (χ0) is 16.4. The SMILES string of the molecule is CCCC(=O)Nc1n[nH]c2c(F)c(F)c(-c3ccccc3)cc12. The molecule has 0 saturated carbocycles. The summed E-state index contributed by atoms with van der Waals surface area (Å²) in [5, 5.41) is 9.30. The highest BCUT2D eigenvalue weighted by Crippen LogP contribution is 2.32. The minimum absolute atomic E-state index is 0.0611. The van der Waals surface area contributed by atoms with Gasteiger partial charge in [-0.05, 0) is 18.1 Å². The van der Waals surface area contributed by atoms with Crippen LogP contribution < -0.4 is 5.32 Å². The van der Waals surface area contributed by atoms with E-state index in [1.54, 1.807) is 30.3 Å². The number of carbonyl (C=O) groups is 1. The van der Waals surface area contributed by atoms with Gasteiger partial charge in [0.25, 0.3) is 0 Å². The van der Waals surface area contributed by atoms with Crippen molar-refractivity contribution < 1.29 is 13.6 Å². The first-order chi connectivity index (χ1) is 11.1. The zero-order valence-electron chi connectivity index (χ0n) is 12.5. The van der Waals surface area contributed by atoms with Gasteiger partial charge in [-0.1, -0.05) is 37.3 Å². The van der Waals surface area contributed by atoms with Gasteiger partial charge in [0, 0.05) is 17.4 Å². The number of nitrogens with zero attached hydrogens (tertiary/aromatic N) is 1. The molecule has 2 N–H and O–H groups in total. The molecular formula is C17H15F2N3O. The molecule has 0 spiro atoms. The van der Waals surface area contributed by atoms with E-state index in [1.165, 1.54) is 6.07 Å². The maximum atomic E-state index is 14.3. The van der Waals surface area contributed by atoms with Crippen LogP contribution >= 0.6 is 0 Å². The molecule has 6 heteroatoms. The molecule has 23 heavy (non-hydrogen) atoms. The van der Waals surface area contributed by atoms with Gasteiger partial charge in [-0.3, -0.25) is 9.89 Å². The molecule has 118 valence electrons. The van der Waals surface area contributed by atoms with E-state index >= 15 is 0 Å². The van der Waals surface area contributed by atoms with Crippen LogP contribution in [0.15, 0.2) is 36.4 Å². The molecule has 2 aromatic carbocycles. The molecule has 0 bridgehead atoms. The highest BCUT2D eigenvalue weighted by atomic mass is 19.2. The Bertz CT molecular complexity index is 859. The van der Waals surface area contributed by atoms with Crippen molar-refractivity contribution in [2.45, 2.75) is 19.8 Å². The second-order valence-electron chi connectivity index (χ2n) is 5.21. The van der Waals surface area contributed by atoms with Crippen molar-refractivity contribution in [2.24, 2.45) is 0 Å². The number of aromatic amines is 1. The number of rotatable bonds is 4. The predicted molar refractivity (Wildman–Crippen MR) is 85.0 cm³/mol. The fraction of sp³-hybridized carbons (Fsp3) is 0.176. The summed E-state index contributed by atoms with van der Waals surface area (Å²) in [6, 6.07) is 10.2. The lowest BCUT2D eigenvalue weighted by molar-refractivity contribution is -0.116. The van der Waals surface area contributed by atoms with Crippen LogP contribution in [-0.2, 0) is 4.79 Å². The summed E-state index contributed by atoms with van der Waals surface area (Å²) >= 11 is 0. The van der Waals surface area contributed by atoms with Gasteiger partial charge in [-0.25, -0.2) is 8.78 Å². The van der Waals surface area contributed by atoms with Gasteiger partial charge >= 0.3 is 0 Å². The Labute approximate surface area is 131 Å². The van der Waals surface area contributed by atoms with E-state index < -0.39 is 11.6 Å². The maximum absolute atomic E-state index is 14.3. The highest BCUT2D eigenvalue weighted by Gasteiger charge is 2.19. The molecule has 3 rings (SSSR count). The number of hydrogen-bond donors (Lipinski definition) is 2. The molecule has 1 aromatic heterocycles. The molecule has 0 atom stereocenters. The van der Waals surface area contributed by atoms with Gasteiger partial charge in [0.05, 0.1) is 0 Å². The summed E-state index contributed by atoms with van der Waals surface area (Å²) in [6.07, 6.45) is 1.02. The maximum Gasteiger partial charge on any atom is 0.225 e. The van der Waals surface area contributed by atoms with Crippen LogP contribution in [0, 0.1) is 11.6 Å². The van der Waals surface area contributed by atoms with Gasteiger partial charge in [0.2, 0.25) is 5.91 Å². The van der Waals surface area contributed by atoms with Crippen molar-refractivity contribution in [1.29, 1.82) is 0 Å². The molecule has 0 fully saturated rings. The quantitative estimate of drug-likeness (QED) is 0.756. The number of halogens is 2. The number of nitrogens with one attached hydrogen (secondary N) is 2. The predicted octanol–water partition coefficient (Wildman–Crippen LogP) is 4.25. The van der Waals surface area contributed by atoms with Gasteiger partial charge in [-0.15, -0.1) is 0 Å². The molecule has 1 heterocycles. The number of amides is 1. The van der Waals surface area contributed by atoms with Gasteiger partial charge < -0.3 is 5.32 Å². The number of aromatic nitrogens is 2. The van der Waals surface area contributed by atoms with E-state index in [4.69, 9.17) is 0 Å². The lowest BCUT2D eigenvalue weighted by Crippen LogP contribution is -2.11. The first-order valence-corrected chi connectivity index (χ1v) is 7.33. The molecule has 4 nitrogen and oxygen atoms in total. The summed E-state index contributed by atoms with van der Waals surface area (Å²) < 4.78 is 28.6. The molecule has 3 aromatic rings. The Kier molecular flexibility index (Phi) is 4.06. The summed E-state index contributed by atoms with van der Waals surface area (Å²) in [5.74, 6) is -1.97. The standard InChI is InChI=1S/C17H15F2N3O/c1-2-6-13(23)20-17-12-9-11(10-7-4-3-5-8-10)14(18)15(19)16(12)21-22-17/h3-5,7-9H,2,6H2,1H3,(H2,20,21,22,23). The third-order valence-corrected chi connectivity index (χ3v) is 3.56. The van der Waals surface area contributed by atoms with Crippen LogP contribution in [0.3, 0.4) is 0 Å². The normalized spacial score (nSPS) is 10.9. The van der Waals surface area contributed by atoms with Crippen LogP contribution in [0.5, 0.6) is 0 Å². The second-order valence-corrected chi connectivity index (χ2v) is 5.21. The van der Waals surface area contributed by atoms with Crippen molar-refractivity contribution in [3.63, 3.8) is 0 Å².